The maximum atomic E-state index is 11.7. The molecule has 0 fully saturated rings. The van der Waals surface area contributed by atoms with Crippen molar-refractivity contribution in [3.8, 4) is 0 Å². The first kappa shape index (κ1) is 11.7. The number of aromatic nitrogens is 1. The molecular weight excluding hydrogens is 240 g/mol. The highest BCUT2D eigenvalue weighted by atomic mass is 35.5. The van der Waals surface area contributed by atoms with Crippen molar-refractivity contribution >= 4 is 23.2 Å². The number of amides is 1. The highest BCUT2D eigenvalue weighted by Crippen LogP contribution is 2.20. The number of hydrogen-bond acceptors (Lipinski definition) is 3. The molecule has 0 unspecified atom stereocenters. The molecule has 0 aliphatic carbocycles. The molecule has 0 aliphatic heterocycles. The molecule has 1 amide bonds. The molecule has 0 aliphatic rings. The summed E-state index contributed by atoms with van der Waals surface area (Å²) in [7, 11) is 0. The van der Waals surface area contributed by atoms with Crippen molar-refractivity contribution in [1.29, 1.82) is 0 Å². The third-order valence-electron chi connectivity index (χ3n) is 2.31. The van der Waals surface area contributed by atoms with Gasteiger partial charge < -0.3 is 9.84 Å². The normalized spacial score (nSPS) is 10.2. The molecule has 88 valence electrons. The third-order valence-corrected chi connectivity index (χ3v) is 2.54. The lowest BCUT2D eigenvalue weighted by molar-refractivity contribution is -0.115. The molecule has 5 heteroatoms. The van der Waals surface area contributed by atoms with E-state index in [0.29, 0.717) is 16.4 Å². The van der Waals surface area contributed by atoms with E-state index in [0.717, 1.165) is 5.56 Å². The van der Waals surface area contributed by atoms with Gasteiger partial charge in [0.05, 0.1) is 12.1 Å². The molecule has 0 radical (unpaired) electrons. The van der Waals surface area contributed by atoms with Gasteiger partial charge in [0, 0.05) is 16.8 Å². The van der Waals surface area contributed by atoms with Crippen LogP contribution in [0.1, 0.15) is 11.3 Å². The number of benzene rings is 1. The zero-order valence-electron chi connectivity index (χ0n) is 9.24. The zero-order valence-corrected chi connectivity index (χ0v) is 9.99. The molecule has 1 N–H and O–H groups in total. The zero-order chi connectivity index (χ0) is 12.3. The summed E-state index contributed by atoms with van der Waals surface area (Å²) in [6.07, 6.45) is 1.62. The number of nitrogens with one attached hydrogen (secondary N) is 1. The lowest BCUT2D eigenvalue weighted by Crippen LogP contribution is -2.15. The van der Waals surface area contributed by atoms with Crippen LogP contribution < -0.4 is 5.32 Å². The van der Waals surface area contributed by atoms with Gasteiger partial charge in [-0.15, -0.1) is 0 Å². The van der Waals surface area contributed by atoms with Gasteiger partial charge in [-0.2, -0.15) is 0 Å². The highest BCUT2D eigenvalue weighted by molar-refractivity contribution is 6.31. The van der Waals surface area contributed by atoms with Crippen LogP contribution in [0.25, 0.3) is 0 Å². The Bertz CT molecular complexity index is 523. The van der Waals surface area contributed by atoms with Crippen LogP contribution in [0.15, 0.2) is 35.1 Å². The Morgan fingerprint density at radius 2 is 2.29 bits per heavy atom. The molecule has 0 saturated heterocycles. The van der Waals surface area contributed by atoms with Crippen LogP contribution in [0.4, 0.5) is 5.69 Å². The van der Waals surface area contributed by atoms with E-state index < -0.39 is 0 Å². The van der Waals surface area contributed by atoms with Crippen LogP contribution in [0.3, 0.4) is 0 Å². The Morgan fingerprint density at radius 1 is 1.47 bits per heavy atom. The van der Waals surface area contributed by atoms with Gasteiger partial charge in [-0.1, -0.05) is 22.8 Å². The maximum absolute atomic E-state index is 11.7. The monoisotopic (exact) mass is 250 g/mol. The second-order valence-electron chi connectivity index (χ2n) is 3.67. The molecule has 4 nitrogen and oxygen atoms in total. The van der Waals surface area contributed by atoms with Gasteiger partial charge in [-0.25, -0.2) is 0 Å². The Hall–Kier alpha value is -1.81. The summed E-state index contributed by atoms with van der Waals surface area (Å²) >= 11 is 5.86. The van der Waals surface area contributed by atoms with Crippen LogP contribution >= 0.6 is 11.6 Å². The van der Waals surface area contributed by atoms with Crippen molar-refractivity contribution in [3.63, 3.8) is 0 Å². The predicted octanol–water partition coefficient (Wildman–Crippen LogP) is 2.82. The van der Waals surface area contributed by atoms with Crippen LogP contribution in [-0.2, 0) is 11.2 Å². The van der Waals surface area contributed by atoms with E-state index in [4.69, 9.17) is 11.6 Å². The van der Waals surface area contributed by atoms with Crippen molar-refractivity contribution in [2.75, 3.05) is 5.32 Å². The maximum Gasteiger partial charge on any atom is 0.230 e. The third kappa shape index (κ3) is 3.07. The van der Waals surface area contributed by atoms with Gasteiger partial charge in [0.25, 0.3) is 0 Å². The Morgan fingerprint density at radius 3 is 3.00 bits per heavy atom. The number of hydrogen-bond donors (Lipinski definition) is 1. The SMILES string of the molecule is Cc1ccc(Cl)cc1NC(=O)Cc1ccon1. The molecule has 2 rings (SSSR count). The Labute approximate surface area is 104 Å². The van der Waals surface area contributed by atoms with Crippen molar-refractivity contribution in [2.24, 2.45) is 0 Å². The summed E-state index contributed by atoms with van der Waals surface area (Å²) in [5.74, 6) is -0.149. The average molecular weight is 251 g/mol. The van der Waals surface area contributed by atoms with Crippen molar-refractivity contribution in [1.82, 2.24) is 5.16 Å². The van der Waals surface area contributed by atoms with Crippen LogP contribution in [-0.4, -0.2) is 11.1 Å². The molecular formula is C12H11ClN2O2. The summed E-state index contributed by atoms with van der Waals surface area (Å²) in [4.78, 5) is 11.7. The first-order valence-corrected chi connectivity index (χ1v) is 5.48. The van der Waals surface area contributed by atoms with Crippen LogP contribution in [0.5, 0.6) is 0 Å². The van der Waals surface area contributed by atoms with Gasteiger partial charge in [0.15, 0.2) is 0 Å². The summed E-state index contributed by atoms with van der Waals surface area (Å²) in [6.45, 7) is 1.90. The van der Waals surface area contributed by atoms with Gasteiger partial charge in [-0.3, -0.25) is 4.79 Å². The van der Waals surface area contributed by atoms with Crippen LogP contribution in [0.2, 0.25) is 5.02 Å². The summed E-state index contributed by atoms with van der Waals surface area (Å²) in [5.41, 5.74) is 2.27. The Balaban J connectivity index is 2.05. The minimum absolute atomic E-state index is 0.149. The second-order valence-corrected chi connectivity index (χ2v) is 4.11. The van der Waals surface area contributed by atoms with Crippen molar-refractivity contribution in [3.05, 3.63) is 46.8 Å². The van der Waals surface area contributed by atoms with Gasteiger partial charge >= 0.3 is 0 Å². The Kier molecular flexibility index (Phi) is 3.44. The van der Waals surface area contributed by atoms with Crippen molar-refractivity contribution < 1.29 is 9.32 Å². The van der Waals surface area contributed by atoms with E-state index in [-0.39, 0.29) is 12.3 Å². The molecule has 0 saturated carbocycles. The molecule has 0 atom stereocenters. The number of rotatable bonds is 3. The number of halogens is 1. The van der Waals surface area contributed by atoms with Gasteiger partial charge in [0.1, 0.15) is 6.26 Å². The van der Waals surface area contributed by atoms with E-state index in [2.05, 4.69) is 15.0 Å². The average Bonchev–Trinajstić information content (AvgIpc) is 2.76. The standard InChI is InChI=1S/C12H11ClN2O2/c1-8-2-3-9(13)6-11(8)14-12(16)7-10-4-5-17-15-10/h2-6H,7H2,1H3,(H,14,16). The van der Waals surface area contributed by atoms with Gasteiger partial charge in [-0.05, 0) is 24.6 Å². The lowest BCUT2D eigenvalue weighted by Gasteiger charge is -2.07. The van der Waals surface area contributed by atoms with Crippen LogP contribution in [0, 0.1) is 6.92 Å². The fourth-order valence-corrected chi connectivity index (χ4v) is 1.59. The predicted molar refractivity (Wildman–Crippen MR) is 65.0 cm³/mol. The lowest BCUT2D eigenvalue weighted by atomic mass is 10.2. The minimum atomic E-state index is -0.149. The van der Waals surface area contributed by atoms with E-state index >= 15 is 0 Å². The fourth-order valence-electron chi connectivity index (χ4n) is 1.42. The first-order chi connectivity index (χ1) is 8.15. The summed E-state index contributed by atoms with van der Waals surface area (Å²) < 4.78 is 4.66. The summed E-state index contributed by atoms with van der Waals surface area (Å²) in [5, 5.41) is 7.05. The van der Waals surface area contributed by atoms with E-state index in [1.807, 2.05) is 13.0 Å². The first-order valence-electron chi connectivity index (χ1n) is 5.10. The number of anilines is 1. The number of carbonyl (C=O) groups is 1. The summed E-state index contributed by atoms with van der Waals surface area (Å²) in [6, 6.07) is 7.01. The van der Waals surface area contributed by atoms with E-state index in [1.54, 1.807) is 18.2 Å². The molecule has 1 aromatic heterocycles. The smallest absolute Gasteiger partial charge is 0.230 e. The minimum Gasteiger partial charge on any atom is -0.364 e. The topological polar surface area (TPSA) is 55.1 Å². The molecule has 17 heavy (non-hydrogen) atoms. The molecule has 1 heterocycles. The second kappa shape index (κ2) is 5.01. The van der Waals surface area contributed by atoms with E-state index in [9.17, 15) is 4.79 Å². The highest BCUT2D eigenvalue weighted by Gasteiger charge is 2.08. The number of aryl methyl sites for hydroxylation is 1. The molecule has 0 bridgehead atoms. The van der Waals surface area contributed by atoms with E-state index in [1.165, 1.54) is 6.26 Å². The van der Waals surface area contributed by atoms with Crippen molar-refractivity contribution in [2.45, 2.75) is 13.3 Å². The molecule has 1 aromatic carbocycles. The molecule has 2 aromatic rings. The fraction of sp³-hybridized carbons (Fsp3) is 0.167. The number of nitrogens with zero attached hydrogens (tertiary/aromatic N) is 1. The largest absolute Gasteiger partial charge is 0.364 e. The quantitative estimate of drug-likeness (QED) is 0.911. The van der Waals surface area contributed by atoms with Gasteiger partial charge in [0.2, 0.25) is 5.91 Å². The number of carbonyl (C=O) groups excluding carboxylic acids is 1. The molecule has 0 spiro atoms.